The van der Waals surface area contributed by atoms with Crippen molar-refractivity contribution < 1.29 is 4.79 Å². The quantitative estimate of drug-likeness (QED) is 0.361. The van der Waals surface area contributed by atoms with Gasteiger partial charge >= 0.3 is 0 Å². The van der Waals surface area contributed by atoms with E-state index < -0.39 is 0 Å². The third-order valence-corrected chi connectivity index (χ3v) is 6.18. The molecule has 0 fully saturated rings. The van der Waals surface area contributed by atoms with Crippen LogP contribution in [0.4, 0.5) is 5.13 Å². The Bertz CT molecular complexity index is 1130. The zero-order chi connectivity index (χ0) is 22.3. The number of hydrogen-bond acceptors (Lipinski definition) is 4. The number of nitrogens with one attached hydrogen (secondary N) is 1. The van der Waals surface area contributed by atoms with Crippen LogP contribution in [0.3, 0.4) is 0 Å². The standard InChI is InChI=1S/C27H27N3OS/c1-20-13-14-24(15-21(20)2)25-19-32-27(28-25)29-26(31)18-30(16-22-9-5-3-6-10-22)17-23-11-7-4-8-12-23/h3-15,19H,16-18H2,1-2H3,(H,28,29,31). The largest absolute Gasteiger partial charge is 0.301 e. The van der Waals surface area contributed by atoms with Crippen molar-refractivity contribution in [2.24, 2.45) is 0 Å². The second kappa shape index (κ2) is 10.4. The molecule has 162 valence electrons. The van der Waals surface area contributed by atoms with E-state index in [1.54, 1.807) is 0 Å². The summed E-state index contributed by atoms with van der Waals surface area (Å²) < 4.78 is 0. The molecular weight excluding hydrogens is 414 g/mol. The highest BCUT2D eigenvalue weighted by Crippen LogP contribution is 2.26. The van der Waals surface area contributed by atoms with Crippen LogP contribution in [0.25, 0.3) is 11.3 Å². The summed E-state index contributed by atoms with van der Waals surface area (Å²) in [6.07, 6.45) is 0. The Morgan fingerprint density at radius 3 is 2.09 bits per heavy atom. The number of amides is 1. The number of aryl methyl sites for hydroxylation is 2. The van der Waals surface area contributed by atoms with Crippen LogP contribution in [-0.2, 0) is 17.9 Å². The van der Waals surface area contributed by atoms with Crippen molar-refractivity contribution in [2.45, 2.75) is 26.9 Å². The number of thiazole rings is 1. The van der Waals surface area contributed by atoms with Gasteiger partial charge < -0.3 is 5.32 Å². The molecule has 0 atom stereocenters. The number of carbonyl (C=O) groups excluding carboxylic acids is 1. The van der Waals surface area contributed by atoms with Crippen LogP contribution < -0.4 is 5.32 Å². The number of nitrogens with zero attached hydrogens (tertiary/aromatic N) is 2. The van der Waals surface area contributed by atoms with Crippen molar-refractivity contribution in [2.75, 3.05) is 11.9 Å². The van der Waals surface area contributed by atoms with Crippen LogP contribution in [0.15, 0.2) is 84.2 Å². The van der Waals surface area contributed by atoms with Gasteiger partial charge in [-0.15, -0.1) is 11.3 Å². The van der Waals surface area contributed by atoms with Crippen LogP contribution >= 0.6 is 11.3 Å². The Balaban J connectivity index is 1.43. The van der Waals surface area contributed by atoms with E-state index >= 15 is 0 Å². The fourth-order valence-electron chi connectivity index (χ4n) is 3.58. The minimum atomic E-state index is -0.0575. The van der Waals surface area contributed by atoms with E-state index in [1.807, 2.05) is 41.8 Å². The Morgan fingerprint density at radius 2 is 1.50 bits per heavy atom. The molecule has 0 saturated heterocycles. The fourth-order valence-corrected chi connectivity index (χ4v) is 4.31. The van der Waals surface area contributed by atoms with Crippen LogP contribution in [0.2, 0.25) is 0 Å². The molecule has 0 aliphatic carbocycles. The van der Waals surface area contributed by atoms with Crippen molar-refractivity contribution in [1.82, 2.24) is 9.88 Å². The Hall–Kier alpha value is -3.28. The van der Waals surface area contributed by atoms with Gasteiger partial charge in [-0.3, -0.25) is 9.69 Å². The van der Waals surface area contributed by atoms with Gasteiger partial charge in [0.2, 0.25) is 5.91 Å². The lowest BCUT2D eigenvalue weighted by molar-refractivity contribution is -0.117. The number of rotatable bonds is 8. The van der Waals surface area contributed by atoms with Gasteiger partial charge in [0.1, 0.15) is 0 Å². The molecule has 0 saturated carbocycles. The molecule has 0 spiro atoms. The Kier molecular flexibility index (Phi) is 7.10. The first-order chi connectivity index (χ1) is 15.6. The zero-order valence-electron chi connectivity index (χ0n) is 18.4. The van der Waals surface area contributed by atoms with E-state index in [-0.39, 0.29) is 5.91 Å². The monoisotopic (exact) mass is 441 g/mol. The number of aromatic nitrogens is 1. The fraction of sp³-hybridized carbons (Fsp3) is 0.185. The summed E-state index contributed by atoms with van der Waals surface area (Å²) in [4.78, 5) is 19.6. The van der Waals surface area contributed by atoms with Crippen molar-refractivity contribution in [3.8, 4) is 11.3 Å². The zero-order valence-corrected chi connectivity index (χ0v) is 19.2. The van der Waals surface area contributed by atoms with E-state index in [1.165, 1.54) is 33.6 Å². The minimum Gasteiger partial charge on any atom is -0.301 e. The van der Waals surface area contributed by atoms with Crippen LogP contribution in [0.5, 0.6) is 0 Å². The van der Waals surface area contributed by atoms with Gasteiger partial charge in [0.15, 0.2) is 5.13 Å². The van der Waals surface area contributed by atoms with E-state index in [4.69, 9.17) is 0 Å². The summed E-state index contributed by atoms with van der Waals surface area (Å²) in [5.41, 5.74) is 6.82. The van der Waals surface area contributed by atoms with Crippen molar-refractivity contribution >= 4 is 22.4 Å². The molecule has 1 N–H and O–H groups in total. The Labute approximate surface area is 193 Å². The first-order valence-electron chi connectivity index (χ1n) is 10.7. The average Bonchev–Trinajstić information content (AvgIpc) is 3.25. The maximum atomic E-state index is 12.9. The van der Waals surface area contributed by atoms with Gasteiger partial charge in [0.05, 0.1) is 12.2 Å². The summed E-state index contributed by atoms with van der Waals surface area (Å²) in [6.45, 7) is 5.90. The number of anilines is 1. The normalized spacial score (nSPS) is 11.0. The lowest BCUT2D eigenvalue weighted by Gasteiger charge is -2.22. The molecule has 0 radical (unpaired) electrons. The lowest BCUT2D eigenvalue weighted by atomic mass is 10.1. The molecule has 4 nitrogen and oxygen atoms in total. The molecule has 5 heteroatoms. The van der Waals surface area contributed by atoms with Crippen LogP contribution in [0, 0.1) is 13.8 Å². The number of hydrogen-bond donors (Lipinski definition) is 1. The van der Waals surface area contributed by atoms with Gasteiger partial charge in [-0.2, -0.15) is 0 Å². The van der Waals surface area contributed by atoms with Gasteiger partial charge in [-0.1, -0.05) is 72.8 Å². The molecule has 0 aliphatic rings. The molecule has 1 heterocycles. The highest BCUT2D eigenvalue weighted by molar-refractivity contribution is 7.14. The maximum Gasteiger partial charge on any atom is 0.240 e. The molecule has 32 heavy (non-hydrogen) atoms. The molecule has 1 amide bonds. The summed E-state index contributed by atoms with van der Waals surface area (Å²) in [5, 5.41) is 5.61. The molecule has 0 aliphatic heterocycles. The molecule has 0 unspecified atom stereocenters. The SMILES string of the molecule is Cc1ccc(-c2csc(NC(=O)CN(Cc3ccccc3)Cc3ccccc3)n2)cc1C. The summed E-state index contributed by atoms with van der Waals surface area (Å²) in [5.74, 6) is -0.0575. The molecule has 4 rings (SSSR count). The Morgan fingerprint density at radius 1 is 0.875 bits per heavy atom. The maximum absolute atomic E-state index is 12.9. The molecular formula is C27H27N3OS. The van der Waals surface area contributed by atoms with Gasteiger partial charge in [0, 0.05) is 24.0 Å². The predicted molar refractivity (Wildman–Crippen MR) is 133 cm³/mol. The van der Waals surface area contributed by atoms with Gasteiger partial charge in [-0.05, 0) is 42.2 Å². The van der Waals surface area contributed by atoms with Crippen molar-refractivity contribution in [3.63, 3.8) is 0 Å². The summed E-state index contributed by atoms with van der Waals surface area (Å²) in [7, 11) is 0. The van der Waals surface area contributed by atoms with Crippen LogP contribution in [0.1, 0.15) is 22.3 Å². The molecule has 3 aromatic carbocycles. The smallest absolute Gasteiger partial charge is 0.240 e. The summed E-state index contributed by atoms with van der Waals surface area (Å²) in [6, 6.07) is 26.8. The third kappa shape index (κ3) is 5.90. The van der Waals surface area contributed by atoms with Crippen LogP contribution in [-0.4, -0.2) is 22.3 Å². The van der Waals surface area contributed by atoms with Crippen molar-refractivity contribution in [3.05, 3.63) is 106 Å². The average molecular weight is 442 g/mol. The molecule has 0 bridgehead atoms. The number of carbonyl (C=O) groups is 1. The molecule has 1 aromatic heterocycles. The van der Waals surface area contributed by atoms with Crippen molar-refractivity contribution in [1.29, 1.82) is 0 Å². The predicted octanol–water partition coefficient (Wildman–Crippen LogP) is 6.07. The van der Waals surface area contributed by atoms with Gasteiger partial charge in [-0.25, -0.2) is 4.98 Å². The van der Waals surface area contributed by atoms with Gasteiger partial charge in [0.25, 0.3) is 0 Å². The lowest BCUT2D eigenvalue weighted by Crippen LogP contribution is -2.32. The van der Waals surface area contributed by atoms with E-state index in [0.29, 0.717) is 24.8 Å². The second-order valence-electron chi connectivity index (χ2n) is 8.00. The summed E-state index contributed by atoms with van der Waals surface area (Å²) >= 11 is 1.46. The first-order valence-corrected chi connectivity index (χ1v) is 11.6. The van der Waals surface area contributed by atoms with E-state index in [0.717, 1.165) is 11.3 Å². The first kappa shape index (κ1) is 21.9. The minimum absolute atomic E-state index is 0.0575. The highest BCUT2D eigenvalue weighted by atomic mass is 32.1. The molecule has 4 aromatic rings. The topological polar surface area (TPSA) is 45.2 Å². The van der Waals surface area contributed by atoms with E-state index in [9.17, 15) is 4.79 Å². The second-order valence-corrected chi connectivity index (χ2v) is 8.86. The highest BCUT2D eigenvalue weighted by Gasteiger charge is 2.14. The van der Waals surface area contributed by atoms with E-state index in [2.05, 4.69) is 71.5 Å². The third-order valence-electron chi connectivity index (χ3n) is 5.42. The number of benzene rings is 3.